The van der Waals surface area contributed by atoms with Gasteiger partial charge in [-0.2, -0.15) is 0 Å². The average Bonchev–Trinajstić information content (AvgIpc) is 2.43. The Morgan fingerprint density at radius 1 is 1.44 bits per heavy atom. The number of hydrogen-bond acceptors (Lipinski definition) is 2. The van der Waals surface area contributed by atoms with Crippen LogP contribution in [0.25, 0.3) is 10.9 Å². The summed E-state index contributed by atoms with van der Waals surface area (Å²) in [6.07, 6.45) is 2.63. The topological polar surface area (TPSA) is 30.7 Å². The predicted molar refractivity (Wildman–Crippen MR) is 71.7 cm³/mol. The summed E-state index contributed by atoms with van der Waals surface area (Å²) in [4.78, 5) is 14.4. The molecule has 0 saturated carbocycles. The highest BCUT2D eigenvalue weighted by molar-refractivity contribution is 5.95. The summed E-state index contributed by atoms with van der Waals surface area (Å²) in [5.74, 6) is -0.0834. The van der Waals surface area contributed by atoms with E-state index in [1.165, 1.54) is 12.7 Å². The molecule has 0 spiro atoms. The molecule has 0 heterocycles. The quantitative estimate of drug-likeness (QED) is 0.459. The predicted octanol–water partition coefficient (Wildman–Crippen LogP) is 3.63. The van der Waals surface area contributed by atoms with E-state index in [1.54, 1.807) is 6.08 Å². The summed E-state index contributed by atoms with van der Waals surface area (Å²) >= 11 is 0. The van der Waals surface area contributed by atoms with E-state index in [1.807, 2.05) is 24.3 Å². The largest absolute Gasteiger partial charge is 0.474 e. The van der Waals surface area contributed by atoms with Gasteiger partial charge >= 0.3 is 5.97 Å². The number of methoxy groups -OCH3 is 1. The maximum absolute atomic E-state index is 11.3. The van der Waals surface area contributed by atoms with Crippen LogP contribution in [0, 0.1) is 6.57 Å². The minimum atomic E-state index is -0.601. The molecule has 0 aliphatic carbocycles. The Morgan fingerprint density at radius 2 is 2.06 bits per heavy atom. The Kier molecular flexibility index (Phi) is 5.13. The highest BCUT2D eigenvalue weighted by atomic mass is 16.5. The second kappa shape index (κ2) is 6.61. The second-order valence-electron chi connectivity index (χ2n) is 4.11. The van der Waals surface area contributed by atoms with Gasteiger partial charge in [0.15, 0.2) is 0 Å². The summed E-state index contributed by atoms with van der Waals surface area (Å²) in [6.45, 7) is 11.3. The van der Waals surface area contributed by atoms with Gasteiger partial charge in [0, 0.05) is 0 Å². The van der Waals surface area contributed by atoms with Crippen LogP contribution in [0.1, 0.15) is 37.3 Å². The molecule has 0 aromatic heterocycles. The van der Waals surface area contributed by atoms with E-state index in [2.05, 4.69) is 23.4 Å². The Morgan fingerprint density at radius 3 is 2.50 bits per heavy atom. The van der Waals surface area contributed by atoms with Crippen LogP contribution in [0.3, 0.4) is 0 Å². The first kappa shape index (κ1) is 14.0. The van der Waals surface area contributed by atoms with Gasteiger partial charge < -0.3 is 4.74 Å². The monoisotopic (exact) mass is 243 g/mol. The number of carbonyl (C=O) groups is 1. The van der Waals surface area contributed by atoms with Crippen molar-refractivity contribution >= 4 is 12.0 Å². The number of ether oxygens (including phenoxy) is 1. The lowest BCUT2D eigenvalue weighted by Crippen LogP contribution is -2.01. The number of benzene rings is 1. The molecular formula is C15H17NO2. The molecule has 0 N–H and O–H groups in total. The highest BCUT2D eigenvalue weighted by Gasteiger charge is 2.09. The second-order valence-corrected chi connectivity index (χ2v) is 4.11. The molecule has 0 aliphatic heterocycles. The number of carbonyl (C=O) groups excluding carboxylic acids is 1. The third-order valence-corrected chi connectivity index (χ3v) is 2.94. The van der Waals surface area contributed by atoms with E-state index in [-0.39, 0.29) is 5.70 Å². The van der Waals surface area contributed by atoms with Crippen molar-refractivity contribution in [1.29, 1.82) is 0 Å². The molecule has 0 fully saturated rings. The van der Waals surface area contributed by atoms with Gasteiger partial charge in [0.2, 0.25) is 0 Å². The van der Waals surface area contributed by atoms with E-state index in [9.17, 15) is 4.79 Å². The van der Waals surface area contributed by atoms with E-state index >= 15 is 0 Å². The molecule has 1 unspecified atom stereocenters. The molecule has 18 heavy (non-hydrogen) atoms. The fraction of sp³-hybridized carbons (Fsp3) is 0.333. The summed E-state index contributed by atoms with van der Waals surface area (Å²) < 4.78 is 4.53. The van der Waals surface area contributed by atoms with Gasteiger partial charge in [-0.3, -0.25) is 4.79 Å². The van der Waals surface area contributed by atoms with Crippen molar-refractivity contribution in [3.8, 4) is 0 Å². The first-order valence-corrected chi connectivity index (χ1v) is 5.89. The van der Waals surface area contributed by atoms with Gasteiger partial charge in [-0.25, -0.2) is 4.85 Å². The van der Waals surface area contributed by atoms with Crippen molar-refractivity contribution in [2.75, 3.05) is 7.11 Å². The lowest BCUT2D eigenvalue weighted by molar-refractivity contribution is -0.135. The zero-order valence-electron chi connectivity index (χ0n) is 10.9. The lowest BCUT2D eigenvalue weighted by atomic mass is 9.97. The minimum absolute atomic E-state index is 0.00575. The van der Waals surface area contributed by atoms with Crippen LogP contribution >= 0.6 is 0 Å². The first-order chi connectivity index (χ1) is 8.62. The van der Waals surface area contributed by atoms with E-state index in [0.29, 0.717) is 5.92 Å². The SMILES string of the molecule is [C-]#[N+]/C(=C\c1ccc(C(C)CC)cc1)C(=O)OC. The molecule has 3 nitrogen and oxygen atoms in total. The van der Waals surface area contributed by atoms with E-state index in [0.717, 1.165) is 12.0 Å². The third-order valence-electron chi connectivity index (χ3n) is 2.94. The molecule has 1 aromatic carbocycles. The van der Waals surface area contributed by atoms with Crippen molar-refractivity contribution in [1.82, 2.24) is 0 Å². The summed E-state index contributed by atoms with van der Waals surface area (Å²) in [6, 6.07) is 7.88. The number of esters is 1. The fourth-order valence-corrected chi connectivity index (χ4v) is 1.56. The van der Waals surface area contributed by atoms with Crippen LogP contribution in [0.15, 0.2) is 30.0 Å². The molecule has 0 bridgehead atoms. The van der Waals surface area contributed by atoms with Gasteiger partial charge in [0.1, 0.15) is 0 Å². The highest BCUT2D eigenvalue weighted by Crippen LogP contribution is 2.20. The Balaban J connectivity index is 2.96. The van der Waals surface area contributed by atoms with E-state index in [4.69, 9.17) is 6.57 Å². The van der Waals surface area contributed by atoms with Crippen LogP contribution < -0.4 is 0 Å². The fourth-order valence-electron chi connectivity index (χ4n) is 1.56. The van der Waals surface area contributed by atoms with Crippen molar-refractivity contribution in [3.63, 3.8) is 0 Å². The van der Waals surface area contributed by atoms with Gasteiger partial charge in [-0.1, -0.05) is 38.1 Å². The van der Waals surface area contributed by atoms with Crippen molar-refractivity contribution in [2.45, 2.75) is 26.2 Å². The molecule has 0 aliphatic rings. The Hall–Kier alpha value is -2.08. The van der Waals surface area contributed by atoms with Gasteiger partial charge in [0.25, 0.3) is 5.70 Å². The molecule has 0 amide bonds. The summed E-state index contributed by atoms with van der Waals surface area (Å²) in [5, 5.41) is 0. The number of rotatable bonds is 4. The maximum atomic E-state index is 11.3. The van der Waals surface area contributed by atoms with Crippen LogP contribution in [0.4, 0.5) is 0 Å². The standard InChI is InChI=1S/C15H17NO2/c1-5-11(2)13-8-6-12(7-9-13)10-14(16-3)15(17)18-4/h6-11H,5H2,1-2,4H3/b14-10-. The van der Waals surface area contributed by atoms with Crippen molar-refractivity contribution in [3.05, 3.63) is 52.5 Å². The van der Waals surface area contributed by atoms with E-state index < -0.39 is 5.97 Å². The average molecular weight is 243 g/mol. The van der Waals surface area contributed by atoms with Crippen LogP contribution in [0.2, 0.25) is 0 Å². The lowest BCUT2D eigenvalue weighted by Gasteiger charge is -2.08. The van der Waals surface area contributed by atoms with Gasteiger partial charge in [-0.05, 0) is 29.5 Å². The summed E-state index contributed by atoms with van der Waals surface area (Å²) in [5.41, 5.74) is 2.09. The Labute approximate surface area is 108 Å². The molecule has 1 rings (SSSR count). The molecule has 3 heteroatoms. The Bertz CT molecular complexity index is 480. The van der Waals surface area contributed by atoms with Gasteiger partial charge in [0.05, 0.1) is 13.7 Å². The molecule has 0 radical (unpaired) electrons. The molecular weight excluding hydrogens is 226 g/mol. The molecule has 0 saturated heterocycles. The number of hydrogen-bond donors (Lipinski definition) is 0. The van der Waals surface area contributed by atoms with Crippen molar-refractivity contribution < 1.29 is 9.53 Å². The smallest absolute Gasteiger partial charge is 0.336 e. The van der Waals surface area contributed by atoms with Crippen LogP contribution in [-0.2, 0) is 9.53 Å². The molecule has 1 aromatic rings. The van der Waals surface area contributed by atoms with Crippen molar-refractivity contribution in [2.24, 2.45) is 0 Å². The maximum Gasteiger partial charge on any atom is 0.336 e. The van der Waals surface area contributed by atoms with Crippen LogP contribution in [-0.4, -0.2) is 13.1 Å². The zero-order chi connectivity index (χ0) is 13.5. The third kappa shape index (κ3) is 3.46. The zero-order valence-corrected chi connectivity index (χ0v) is 10.9. The molecule has 1 atom stereocenters. The molecule has 94 valence electrons. The number of nitrogens with zero attached hydrogens (tertiary/aromatic N) is 1. The van der Waals surface area contributed by atoms with Gasteiger partial charge in [-0.15, -0.1) is 0 Å². The minimum Gasteiger partial charge on any atom is -0.474 e. The first-order valence-electron chi connectivity index (χ1n) is 5.89. The normalized spacial score (nSPS) is 12.7. The van der Waals surface area contributed by atoms with Crippen LogP contribution in [0.5, 0.6) is 0 Å². The summed E-state index contributed by atoms with van der Waals surface area (Å²) in [7, 11) is 1.27.